The number of halogens is 1. The number of rotatable bonds is 9. The van der Waals surface area contributed by atoms with Gasteiger partial charge in [-0.05, 0) is 17.7 Å². The minimum absolute atomic E-state index is 0. The van der Waals surface area contributed by atoms with Crippen molar-refractivity contribution < 1.29 is 9.47 Å². The Hall–Kier alpha value is -2.75. The number of benzene rings is 2. The van der Waals surface area contributed by atoms with Crippen LogP contribution in [0.15, 0.2) is 65.9 Å². The summed E-state index contributed by atoms with van der Waals surface area (Å²) in [7, 11) is 7.12. The molecule has 0 unspecified atom stereocenters. The molecule has 0 bridgehead atoms. The van der Waals surface area contributed by atoms with Crippen LogP contribution < -0.4 is 14.8 Å². The van der Waals surface area contributed by atoms with E-state index in [0.29, 0.717) is 6.54 Å². The molecule has 3 rings (SSSR count). The Morgan fingerprint density at radius 2 is 1.91 bits per heavy atom. The molecule has 0 saturated carbocycles. The van der Waals surface area contributed by atoms with E-state index in [1.807, 2.05) is 43.7 Å². The Morgan fingerprint density at radius 3 is 2.59 bits per heavy atom. The molecule has 172 valence electrons. The van der Waals surface area contributed by atoms with Crippen LogP contribution in [-0.4, -0.2) is 55.3 Å². The highest BCUT2D eigenvalue weighted by molar-refractivity contribution is 14.0. The van der Waals surface area contributed by atoms with E-state index in [4.69, 9.17) is 9.47 Å². The maximum atomic E-state index is 5.52. The van der Waals surface area contributed by atoms with Crippen molar-refractivity contribution >= 4 is 29.9 Å². The van der Waals surface area contributed by atoms with Gasteiger partial charge in [0.15, 0.2) is 5.96 Å². The molecule has 2 aromatic carbocycles. The van der Waals surface area contributed by atoms with Gasteiger partial charge in [-0.15, -0.1) is 24.0 Å². The second-order valence-corrected chi connectivity index (χ2v) is 7.21. The van der Waals surface area contributed by atoms with Gasteiger partial charge in [0.05, 0.1) is 14.2 Å². The summed E-state index contributed by atoms with van der Waals surface area (Å²) in [5.41, 5.74) is 2.32. The van der Waals surface area contributed by atoms with Crippen molar-refractivity contribution in [2.45, 2.75) is 19.5 Å². The maximum absolute atomic E-state index is 5.52. The average molecular weight is 549 g/mol. The lowest BCUT2D eigenvalue weighted by atomic mass is 10.2. The fourth-order valence-electron chi connectivity index (χ4n) is 3.48. The summed E-state index contributed by atoms with van der Waals surface area (Å²) in [5, 5.41) is 3.44. The van der Waals surface area contributed by atoms with Gasteiger partial charge in [0.1, 0.15) is 17.3 Å². The first kappa shape index (κ1) is 25.5. The first-order chi connectivity index (χ1) is 15.1. The summed E-state index contributed by atoms with van der Waals surface area (Å²) in [6.07, 6.45) is 4.69. The molecule has 7 nitrogen and oxygen atoms in total. The van der Waals surface area contributed by atoms with E-state index in [1.54, 1.807) is 21.3 Å². The van der Waals surface area contributed by atoms with Crippen molar-refractivity contribution in [3.8, 4) is 11.5 Å². The SMILES string of the molecule is CN=C(NCCc1nccn1Cc1ccccc1)N(C)Cc1ccc(OC)cc1OC.I. The standard InChI is InChI=1S/C24H31N5O2.HI/c1-25-24(28(2)18-20-10-11-21(30-3)16-22(20)31-4)27-13-12-23-26-14-15-29(23)17-19-8-6-5-7-9-19;/h5-11,14-16H,12-13,17-18H2,1-4H3,(H,25,27);1H. The molecule has 8 heteroatoms. The molecular weight excluding hydrogens is 517 g/mol. The molecule has 0 aliphatic carbocycles. The quantitative estimate of drug-likeness (QED) is 0.250. The molecule has 0 fully saturated rings. The third kappa shape index (κ3) is 6.88. The van der Waals surface area contributed by atoms with Crippen molar-refractivity contribution in [1.82, 2.24) is 19.8 Å². The number of ether oxygens (including phenoxy) is 2. The summed E-state index contributed by atoms with van der Waals surface area (Å²) in [4.78, 5) is 11.0. The van der Waals surface area contributed by atoms with Crippen LogP contribution in [0.3, 0.4) is 0 Å². The molecule has 0 atom stereocenters. The van der Waals surface area contributed by atoms with E-state index in [-0.39, 0.29) is 24.0 Å². The molecular formula is C24H32IN5O2. The molecule has 0 aliphatic heterocycles. The summed E-state index contributed by atoms with van der Waals surface area (Å²) in [6, 6.07) is 16.3. The number of aliphatic imine (C=N–C) groups is 1. The summed E-state index contributed by atoms with van der Waals surface area (Å²) >= 11 is 0. The highest BCUT2D eigenvalue weighted by Gasteiger charge is 2.12. The van der Waals surface area contributed by atoms with Crippen LogP contribution >= 0.6 is 24.0 Å². The average Bonchev–Trinajstić information content (AvgIpc) is 3.24. The molecule has 0 radical (unpaired) electrons. The molecule has 1 N–H and O–H groups in total. The predicted molar refractivity (Wildman–Crippen MR) is 139 cm³/mol. The molecule has 1 heterocycles. The first-order valence-electron chi connectivity index (χ1n) is 10.3. The Balaban J connectivity index is 0.00000363. The number of aromatic nitrogens is 2. The van der Waals surface area contributed by atoms with Crippen molar-refractivity contribution in [2.24, 2.45) is 4.99 Å². The monoisotopic (exact) mass is 549 g/mol. The van der Waals surface area contributed by atoms with Gasteiger partial charge in [-0.25, -0.2) is 4.98 Å². The second kappa shape index (κ2) is 12.9. The summed E-state index contributed by atoms with van der Waals surface area (Å²) < 4.78 is 13.0. The maximum Gasteiger partial charge on any atom is 0.193 e. The van der Waals surface area contributed by atoms with Gasteiger partial charge in [-0.2, -0.15) is 0 Å². The fourth-order valence-corrected chi connectivity index (χ4v) is 3.48. The summed E-state index contributed by atoms with van der Waals surface area (Å²) in [5.74, 6) is 3.44. The van der Waals surface area contributed by atoms with Crippen LogP contribution in [0, 0.1) is 0 Å². The second-order valence-electron chi connectivity index (χ2n) is 7.21. The number of nitrogens with one attached hydrogen (secondary N) is 1. The predicted octanol–water partition coefficient (Wildman–Crippen LogP) is 3.82. The lowest BCUT2D eigenvalue weighted by Gasteiger charge is -2.23. The molecule has 0 amide bonds. The van der Waals surface area contributed by atoms with E-state index in [9.17, 15) is 0 Å². The van der Waals surface area contributed by atoms with Crippen molar-refractivity contribution in [2.75, 3.05) is 34.9 Å². The number of methoxy groups -OCH3 is 2. The van der Waals surface area contributed by atoms with Crippen LogP contribution in [0.4, 0.5) is 0 Å². The topological polar surface area (TPSA) is 63.9 Å². The van der Waals surface area contributed by atoms with Crippen LogP contribution in [0.1, 0.15) is 17.0 Å². The number of guanidine groups is 1. The molecule has 1 aromatic heterocycles. The smallest absolute Gasteiger partial charge is 0.193 e. The van der Waals surface area contributed by atoms with Crippen molar-refractivity contribution in [3.05, 3.63) is 77.9 Å². The number of hydrogen-bond donors (Lipinski definition) is 1. The van der Waals surface area contributed by atoms with E-state index >= 15 is 0 Å². The lowest BCUT2D eigenvalue weighted by Crippen LogP contribution is -2.39. The highest BCUT2D eigenvalue weighted by atomic mass is 127. The van der Waals surface area contributed by atoms with Gasteiger partial charge in [0.25, 0.3) is 0 Å². The van der Waals surface area contributed by atoms with E-state index in [0.717, 1.165) is 48.4 Å². The third-order valence-corrected chi connectivity index (χ3v) is 5.10. The first-order valence-corrected chi connectivity index (χ1v) is 10.3. The van der Waals surface area contributed by atoms with Gasteiger partial charge >= 0.3 is 0 Å². The van der Waals surface area contributed by atoms with Crippen LogP contribution in [0.5, 0.6) is 11.5 Å². The lowest BCUT2D eigenvalue weighted by molar-refractivity contribution is 0.382. The van der Waals surface area contributed by atoms with E-state index in [1.165, 1.54) is 5.56 Å². The zero-order chi connectivity index (χ0) is 22.1. The van der Waals surface area contributed by atoms with Gasteiger partial charge in [0.2, 0.25) is 0 Å². The molecule has 32 heavy (non-hydrogen) atoms. The Morgan fingerprint density at radius 1 is 1.12 bits per heavy atom. The Bertz CT molecular complexity index is 991. The normalized spacial score (nSPS) is 10.9. The van der Waals surface area contributed by atoms with Gasteiger partial charge in [-0.3, -0.25) is 4.99 Å². The van der Waals surface area contributed by atoms with Crippen molar-refractivity contribution in [1.29, 1.82) is 0 Å². The number of imidazole rings is 1. The fraction of sp³-hybridized carbons (Fsp3) is 0.333. The Kier molecular flexibility index (Phi) is 10.3. The zero-order valence-corrected chi connectivity index (χ0v) is 21.4. The van der Waals surface area contributed by atoms with Crippen LogP contribution in [0.25, 0.3) is 0 Å². The number of nitrogens with zero attached hydrogens (tertiary/aromatic N) is 4. The zero-order valence-electron chi connectivity index (χ0n) is 19.1. The largest absolute Gasteiger partial charge is 0.497 e. The van der Waals surface area contributed by atoms with Gasteiger partial charge < -0.3 is 24.3 Å². The van der Waals surface area contributed by atoms with Gasteiger partial charge in [-0.1, -0.05) is 30.3 Å². The summed E-state index contributed by atoms with van der Waals surface area (Å²) in [6.45, 7) is 2.22. The minimum atomic E-state index is 0. The van der Waals surface area contributed by atoms with Crippen LogP contribution in [-0.2, 0) is 19.5 Å². The Labute approximate surface area is 207 Å². The number of hydrogen-bond acceptors (Lipinski definition) is 4. The van der Waals surface area contributed by atoms with Crippen LogP contribution in [0.2, 0.25) is 0 Å². The highest BCUT2D eigenvalue weighted by Crippen LogP contribution is 2.25. The molecule has 0 saturated heterocycles. The third-order valence-electron chi connectivity index (χ3n) is 5.10. The van der Waals surface area contributed by atoms with Gasteiger partial charge in [0, 0.05) is 64.2 Å². The molecule has 3 aromatic rings. The molecule has 0 spiro atoms. The van der Waals surface area contributed by atoms with E-state index in [2.05, 4.69) is 49.0 Å². The minimum Gasteiger partial charge on any atom is -0.497 e. The molecule has 0 aliphatic rings. The van der Waals surface area contributed by atoms with Crippen molar-refractivity contribution in [3.63, 3.8) is 0 Å². The van der Waals surface area contributed by atoms with E-state index < -0.39 is 0 Å².